The van der Waals surface area contributed by atoms with Crippen LogP contribution in [0.15, 0.2) is 327 Å². The maximum atomic E-state index is 10.0. The summed E-state index contributed by atoms with van der Waals surface area (Å²) in [5.41, 5.74) is 22.9. The highest BCUT2D eigenvalue weighted by atomic mass is 15.2. The van der Waals surface area contributed by atoms with E-state index in [1.807, 2.05) is 36.4 Å². The summed E-state index contributed by atoms with van der Waals surface area (Å²) in [5.74, 6) is -0.461. The first-order valence-electron chi connectivity index (χ1n) is 47.2. The van der Waals surface area contributed by atoms with Crippen LogP contribution in [0.2, 0.25) is 0 Å². The Morgan fingerprint density at radius 1 is 0.310 bits per heavy atom. The number of rotatable bonds is 9. The van der Waals surface area contributed by atoms with Gasteiger partial charge in [0.05, 0.1) is 55.4 Å². The molecule has 548 valence electrons. The van der Waals surface area contributed by atoms with Crippen LogP contribution in [0.25, 0.3) is 99.5 Å². The normalized spacial score (nSPS) is 15.5. The van der Waals surface area contributed by atoms with Crippen LogP contribution in [-0.2, 0) is 28.1 Å². The van der Waals surface area contributed by atoms with Gasteiger partial charge in [-0.15, -0.1) is 0 Å². The van der Waals surface area contributed by atoms with Gasteiger partial charge in [0.1, 0.15) is 0 Å². The minimum absolute atomic E-state index is 0.0506. The molecule has 17 aromatic rings. The third-order valence-electron chi connectivity index (χ3n) is 23.9. The zero-order valence-electron chi connectivity index (χ0n) is 81.6. The second kappa shape index (κ2) is 26.1. The van der Waals surface area contributed by atoms with Gasteiger partial charge in [0.25, 0.3) is 6.71 Å². The van der Waals surface area contributed by atoms with Crippen LogP contribution in [0.4, 0.5) is 34.1 Å². The predicted molar refractivity (Wildman–Crippen MR) is 482 cm³/mol. The average molecular weight is 1470 g/mol. The molecule has 0 unspecified atom stereocenters. The van der Waals surface area contributed by atoms with Gasteiger partial charge in [-0.05, 0) is 177 Å². The van der Waals surface area contributed by atoms with Crippen LogP contribution >= 0.6 is 0 Å². The van der Waals surface area contributed by atoms with Gasteiger partial charge in [-0.1, -0.05) is 350 Å². The molecule has 0 saturated heterocycles. The van der Waals surface area contributed by atoms with Crippen LogP contribution in [0.1, 0.15) is 161 Å². The van der Waals surface area contributed by atoms with Crippen LogP contribution < -0.4 is 26.2 Å². The molecular weight excluding hydrogens is 1360 g/mol. The lowest BCUT2D eigenvalue weighted by molar-refractivity contribution is 0.590. The maximum absolute atomic E-state index is 10.0. The van der Waals surface area contributed by atoms with Crippen molar-refractivity contribution in [2.24, 2.45) is 0 Å². The Kier molecular flexibility index (Phi) is 12.5. The Balaban J connectivity index is 1.02. The second-order valence-electron chi connectivity index (χ2n) is 34.8. The van der Waals surface area contributed by atoms with E-state index in [2.05, 4.69) is 287 Å². The molecule has 113 heavy (non-hydrogen) atoms. The molecule has 0 fully saturated rings. The van der Waals surface area contributed by atoms with E-state index in [0.29, 0.717) is 29.2 Å². The van der Waals surface area contributed by atoms with Crippen molar-refractivity contribution in [3.63, 3.8) is 0 Å². The largest absolute Gasteiger partial charge is 0.310 e. The van der Waals surface area contributed by atoms with Crippen molar-refractivity contribution in [1.29, 1.82) is 0 Å². The van der Waals surface area contributed by atoms with Gasteiger partial charge < -0.3 is 18.9 Å². The Morgan fingerprint density at radius 2 is 0.611 bits per heavy atom. The van der Waals surface area contributed by atoms with Crippen molar-refractivity contribution < 1.29 is 21.9 Å². The van der Waals surface area contributed by atoms with Crippen LogP contribution in [0, 0.1) is 0 Å². The summed E-state index contributed by atoms with van der Waals surface area (Å²) in [4.78, 5) is 4.77. The topological polar surface area (TPSA) is 16.3 Å². The molecule has 0 bridgehead atoms. The molecule has 2 aromatic heterocycles. The SMILES string of the molecule is [2H]c1c([2H])c([2H])c2c(c1[2H])c1c([2H])c([2H])c([2H])c([2H])c1n2-c1ccc2c(c1)N(c1c(-c3ccc(C(C)(C)C)cc3)cccc1-c1ccc(C(C)(C)C)cc1)c1cc(C3c4ccccc4Cc4ccccc43)cc3c1B2c1ccc(-n2c4c([2H])c([2H])c([2H])c([2H])c4c4c([2H])c([2H])c([2H])c([2H])c42)cc1N3c1c(-c2ccc(C(C)(C)C)cc2)cccc1-c1ccc(C(C)(C)C)cc1. The van der Waals surface area contributed by atoms with Crippen molar-refractivity contribution in [3.05, 3.63) is 377 Å². The number of aromatic nitrogens is 2. The lowest BCUT2D eigenvalue weighted by atomic mass is 9.33. The Hall–Kier alpha value is -12.4. The fraction of sp³-hybridized carbons (Fsp3) is 0.167. The smallest absolute Gasteiger partial charge is 0.252 e. The summed E-state index contributed by atoms with van der Waals surface area (Å²) in [6, 6.07) is 73.8. The third-order valence-corrected chi connectivity index (χ3v) is 23.9. The monoisotopic (exact) mass is 1470 g/mol. The molecule has 3 aliphatic rings. The molecule has 4 nitrogen and oxygen atoms in total. The summed E-state index contributed by atoms with van der Waals surface area (Å²) in [6.45, 7) is 25.6. The van der Waals surface area contributed by atoms with Crippen molar-refractivity contribution in [2.75, 3.05) is 9.80 Å². The minimum Gasteiger partial charge on any atom is -0.310 e. The molecule has 1 aliphatic carbocycles. The van der Waals surface area contributed by atoms with E-state index in [4.69, 9.17) is 0 Å². The van der Waals surface area contributed by atoms with Gasteiger partial charge in [0, 0.05) is 83.8 Å². The molecular formula is C108H93BN4. The highest BCUT2D eigenvalue weighted by molar-refractivity contribution is 7.00. The molecule has 0 atom stereocenters. The number of nitrogens with zero attached hydrogens (tertiary/aromatic N) is 4. The zero-order chi connectivity index (χ0) is 91.1. The van der Waals surface area contributed by atoms with Gasteiger partial charge in [-0.3, -0.25) is 0 Å². The fourth-order valence-corrected chi connectivity index (χ4v) is 18.1. The molecule has 0 amide bonds. The van der Waals surface area contributed by atoms with Gasteiger partial charge in [0.15, 0.2) is 0 Å². The number of para-hydroxylation sites is 6. The summed E-state index contributed by atoms with van der Waals surface area (Å²) in [5, 5.41) is -0.290. The molecule has 0 spiro atoms. The van der Waals surface area contributed by atoms with E-state index in [-0.39, 0.29) is 65.3 Å². The molecule has 20 rings (SSSR count). The summed E-state index contributed by atoms with van der Waals surface area (Å²) in [6.07, 6.45) is 0.661. The van der Waals surface area contributed by atoms with E-state index in [1.165, 1.54) is 0 Å². The number of fused-ring (bicyclic) bond motifs is 12. The molecule has 5 heteroatoms. The summed E-state index contributed by atoms with van der Waals surface area (Å²) in [7, 11) is 0. The fourth-order valence-electron chi connectivity index (χ4n) is 18.1. The van der Waals surface area contributed by atoms with E-state index >= 15 is 0 Å². The Morgan fingerprint density at radius 3 is 0.920 bits per heavy atom. The lowest BCUT2D eigenvalue weighted by Gasteiger charge is -2.46. The standard InChI is InChI=1S/C108H93BN4/c1-105(2,3)75-51-43-68(44-52-75)83-35-25-36-84(69-45-53-76(54-46-69)106(4,5)6)103(83)112-97-66-79(110-93-39-21-17-31-87(93)88-32-18-22-40-94(88)110)59-61-91(97)109-92-62-60-80(111-95-41-23-19-33-89(95)90-34-20-24-42-96(90)111)67-98(92)113(100-65-74(64-99(112)102(100)109)101-81-29-15-13-27-72(81)63-73-28-14-16-30-82(73)101)104-85(70-47-55-77(56-48-70)107(7,8)9)37-26-38-86(104)71-49-57-78(58-50-71)108(10,11)12/h13-62,64-67,101H,63H2,1-12H3/i17D,18D,19D,20D,21D,22D,23D,24D,31D,32D,33D,34D,39D,40D,41D,42D. The van der Waals surface area contributed by atoms with Gasteiger partial charge in [-0.2, -0.15) is 0 Å². The summed E-state index contributed by atoms with van der Waals surface area (Å²) >= 11 is 0. The zero-order valence-corrected chi connectivity index (χ0v) is 65.6. The number of hydrogen-bond acceptors (Lipinski definition) is 2. The molecule has 0 saturated carbocycles. The summed E-state index contributed by atoms with van der Waals surface area (Å²) < 4.78 is 157. The average Bonchev–Trinajstić information content (AvgIpc) is 1.66. The molecule has 0 N–H and O–H groups in total. The predicted octanol–water partition coefficient (Wildman–Crippen LogP) is 26.9. The minimum atomic E-state index is -0.809. The van der Waals surface area contributed by atoms with Crippen molar-refractivity contribution in [1.82, 2.24) is 9.13 Å². The van der Waals surface area contributed by atoms with Gasteiger partial charge in [0.2, 0.25) is 0 Å². The van der Waals surface area contributed by atoms with Crippen LogP contribution in [0.3, 0.4) is 0 Å². The van der Waals surface area contributed by atoms with Crippen molar-refractivity contribution >= 4 is 101 Å². The quantitative estimate of drug-likeness (QED) is 0.134. The molecule has 15 aromatic carbocycles. The maximum Gasteiger partial charge on any atom is 0.252 e. The van der Waals surface area contributed by atoms with E-state index in [9.17, 15) is 21.9 Å². The van der Waals surface area contributed by atoms with Crippen LogP contribution in [0.5, 0.6) is 0 Å². The van der Waals surface area contributed by atoms with Crippen molar-refractivity contribution in [3.8, 4) is 55.9 Å². The highest BCUT2D eigenvalue weighted by Gasteiger charge is 2.47. The van der Waals surface area contributed by atoms with Crippen LogP contribution in [-0.4, -0.2) is 15.8 Å². The molecule has 4 heterocycles. The van der Waals surface area contributed by atoms with E-state index in [1.54, 1.807) is 9.13 Å². The van der Waals surface area contributed by atoms with E-state index < -0.39 is 109 Å². The van der Waals surface area contributed by atoms with Gasteiger partial charge >= 0.3 is 0 Å². The highest BCUT2D eigenvalue weighted by Crippen LogP contribution is 2.56. The first-order chi connectivity index (χ1) is 61.2. The van der Waals surface area contributed by atoms with Crippen molar-refractivity contribution in [2.45, 2.75) is 117 Å². The second-order valence-corrected chi connectivity index (χ2v) is 34.8. The molecule has 2 aliphatic heterocycles. The third kappa shape index (κ3) is 11.5. The Labute approximate surface area is 688 Å². The Bertz CT molecular complexity index is 6940. The lowest BCUT2D eigenvalue weighted by Crippen LogP contribution is -2.61. The number of anilines is 6. The molecule has 0 radical (unpaired) electrons. The number of hydrogen-bond donors (Lipinski definition) is 0. The first kappa shape index (κ1) is 54.2. The number of benzene rings is 15. The first-order valence-corrected chi connectivity index (χ1v) is 39.2. The van der Waals surface area contributed by atoms with E-state index in [0.717, 1.165) is 134 Å². The van der Waals surface area contributed by atoms with Gasteiger partial charge in [-0.25, -0.2) is 0 Å².